The van der Waals surface area contributed by atoms with E-state index in [0.29, 0.717) is 0 Å². The third-order valence-electron chi connectivity index (χ3n) is 3.32. The van der Waals surface area contributed by atoms with E-state index < -0.39 is 0 Å². The van der Waals surface area contributed by atoms with Crippen LogP contribution in [-0.2, 0) is 23.3 Å². The van der Waals surface area contributed by atoms with Crippen LogP contribution in [0, 0.1) is 0 Å². The van der Waals surface area contributed by atoms with E-state index in [1.165, 1.54) is 21.9 Å². The quantitative estimate of drug-likeness (QED) is 0.276. The van der Waals surface area contributed by atoms with Gasteiger partial charge in [-0.2, -0.15) is 29.7 Å². The topological polar surface area (TPSA) is 0 Å². The van der Waals surface area contributed by atoms with Crippen molar-refractivity contribution in [3.8, 4) is 11.1 Å². The van der Waals surface area contributed by atoms with Gasteiger partial charge in [-0.15, -0.1) is 59.5 Å². The third kappa shape index (κ3) is 9.14. The van der Waals surface area contributed by atoms with Crippen molar-refractivity contribution >= 4 is 16.2 Å². The van der Waals surface area contributed by atoms with Gasteiger partial charge in [0.05, 0.1) is 0 Å². The van der Waals surface area contributed by atoms with Crippen LogP contribution < -0.4 is 24.8 Å². The Morgan fingerprint density at radius 2 is 1.31 bits per heavy atom. The van der Waals surface area contributed by atoms with Gasteiger partial charge < -0.3 is 24.8 Å². The van der Waals surface area contributed by atoms with Crippen molar-refractivity contribution in [3.63, 3.8) is 0 Å². The summed E-state index contributed by atoms with van der Waals surface area (Å²) in [5.41, 5.74) is 2.80. The van der Waals surface area contributed by atoms with E-state index in [0.717, 1.165) is 0 Å². The summed E-state index contributed by atoms with van der Waals surface area (Å²) < 4.78 is 0. The summed E-state index contributed by atoms with van der Waals surface area (Å²) >= 11 is 1.74. The van der Waals surface area contributed by atoms with Gasteiger partial charge in [-0.25, -0.2) is 0 Å². The molecule has 4 rings (SSSR count). The fraction of sp³-hybridized carbons (Fsp3) is 0.0909. The molecular formula is C22H22Cl2SiZr-2. The van der Waals surface area contributed by atoms with Crippen molar-refractivity contribution in [1.82, 2.24) is 0 Å². The van der Waals surface area contributed by atoms with Crippen molar-refractivity contribution in [2.75, 3.05) is 0 Å². The van der Waals surface area contributed by atoms with E-state index in [1.54, 1.807) is 23.3 Å². The molecule has 0 nitrogen and oxygen atoms in total. The molecule has 0 aromatic heterocycles. The van der Waals surface area contributed by atoms with E-state index in [4.69, 9.17) is 0 Å². The first-order valence-electron chi connectivity index (χ1n) is 8.06. The Labute approximate surface area is 184 Å². The first-order chi connectivity index (χ1) is 11.7. The Morgan fingerprint density at radius 1 is 0.769 bits per heavy atom. The molecule has 0 heterocycles. The van der Waals surface area contributed by atoms with E-state index in [1.807, 2.05) is 6.07 Å². The predicted octanol–water partition coefficient (Wildman–Crippen LogP) is 0.424. The average Bonchev–Trinajstić information content (AvgIpc) is 3.27. The van der Waals surface area contributed by atoms with Crippen LogP contribution in [0.3, 0.4) is 0 Å². The van der Waals surface area contributed by atoms with Gasteiger partial charge >= 0.3 is 41.9 Å². The molecule has 0 spiro atoms. The number of rotatable bonds is 1. The van der Waals surface area contributed by atoms with Crippen molar-refractivity contribution in [3.05, 3.63) is 97.1 Å². The molecule has 4 heteroatoms. The molecular weight excluding hydrogens is 454 g/mol. The number of halogens is 2. The predicted molar refractivity (Wildman–Crippen MR) is 104 cm³/mol. The van der Waals surface area contributed by atoms with Crippen molar-refractivity contribution in [2.45, 2.75) is 13.1 Å². The fourth-order valence-electron chi connectivity index (χ4n) is 2.27. The van der Waals surface area contributed by atoms with Gasteiger partial charge in [-0.1, -0.05) is 29.8 Å². The first-order valence-corrected chi connectivity index (χ1v) is 14.2. The second kappa shape index (κ2) is 14.2. The zero-order valence-corrected chi connectivity index (χ0v) is 20.0. The average molecular weight is 477 g/mol. The van der Waals surface area contributed by atoms with Crippen molar-refractivity contribution in [2.24, 2.45) is 0 Å². The molecule has 26 heavy (non-hydrogen) atoms. The molecule has 0 bridgehead atoms. The molecule has 0 aliphatic rings. The monoisotopic (exact) mass is 474 g/mol. The van der Waals surface area contributed by atoms with E-state index in [-0.39, 0.29) is 30.2 Å². The van der Waals surface area contributed by atoms with E-state index >= 15 is 0 Å². The zero-order chi connectivity index (χ0) is 17.2. The normalized spacial score (nSPS) is 8.77. The standard InChI is InChI=1S/C11H9.C9H7.C2H6Si.2ClH.Zr/c1-2-6-10(7-3-1)11-8-4-5-9-11;1-2-5-9-7-3-6-8(9)4-1;1-3-2;;;/h1-9H;1-7H;1-2H3;2*1H;/q2*-1;;;;+2/p-2. The van der Waals surface area contributed by atoms with Gasteiger partial charge in [-0.05, 0) is 0 Å². The Morgan fingerprint density at radius 3 is 1.88 bits per heavy atom. The number of hydrogen-bond acceptors (Lipinski definition) is 0. The molecule has 0 unspecified atom stereocenters. The molecule has 0 radical (unpaired) electrons. The number of hydrogen-bond donors (Lipinski definition) is 0. The smallest absolute Gasteiger partial charge is 0.0771 e. The van der Waals surface area contributed by atoms with Gasteiger partial charge in [0.15, 0.2) is 0 Å². The van der Waals surface area contributed by atoms with E-state index in [2.05, 4.69) is 104 Å². The summed E-state index contributed by atoms with van der Waals surface area (Å²) in [7, 11) is 0. The van der Waals surface area contributed by atoms with Crippen LogP contribution in [0.2, 0.25) is 13.1 Å². The maximum absolute atomic E-state index is 2.31. The summed E-state index contributed by atoms with van der Waals surface area (Å²) in [6.45, 7) is 4.62. The van der Waals surface area contributed by atoms with Crippen LogP contribution in [-0.4, -0.2) is 5.43 Å². The van der Waals surface area contributed by atoms with E-state index in [9.17, 15) is 0 Å². The summed E-state index contributed by atoms with van der Waals surface area (Å²) in [5, 5.41) is 2.66. The molecule has 4 aromatic carbocycles. The molecule has 0 saturated carbocycles. The third-order valence-corrected chi connectivity index (χ3v) is 3.32. The van der Waals surface area contributed by atoms with Gasteiger partial charge in [0.1, 0.15) is 0 Å². The number of benzene rings is 2. The molecule has 0 amide bonds. The molecule has 0 atom stereocenters. The summed E-state index contributed by atoms with van der Waals surface area (Å²) in [5.74, 6) is 0. The van der Waals surface area contributed by atoms with Crippen LogP contribution >= 0.6 is 0 Å². The Bertz CT molecular complexity index is 818. The minimum atomic E-state index is 0. The van der Waals surface area contributed by atoms with Gasteiger partial charge in [-0.3, -0.25) is 0 Å². The first kappa shape index (κ1) is 25.1. The Hall–Kier alpha value is -0.920. The summed E-state index contributed by atoms with van der Waals surface area (Å²) in [4.78, 5) is 0. The maximum Gasteiger partial charge on any atom is -0.0771 e. The van der Waals surface area contributed by atoms with Crippen LogP contribution in [0.1, 0.15) is 0 Å². The second-order valence-electron chi connectivity index (χ2n) is 5.69. The van der Waals surface area contributed by atoms with Crippen molar-refractivity contribution < 1.29 is 48.1 Å². The van der Waals surface area contributed by atoms with Crippen molar-refractivity contribution in [1.29, 1.82) is 0 Å². The van der Waals surface area contributed by atoms with Gasteiger partial charge in [0.2, 0.25) is 0 Å². The molecule has 0 fully saturated rings. The van der Waals surface area contributed by atoms with Gasteiger partial charge in [0, 0.05) is 0 Å². The minimum absolute atomic E-state index is 0. The Balaban J connectivity index is 0.000000381. The Kier molecular flexibility index (Phi) is 13.7. The molecule has 0 saturated heterocycles. The number of fused-ring (bicyclic) bond motifs is 1. The maximum atomic E-state index is 2.31. The molecule has 134 valence electrons. The molecule has 0 aliphatic heterocycles. The van der Waals surface area contributed by atoms with Crippen LogP contribution in [0.5, 0.6) is 0 Å². The fourth-order valence-corrected chi connectivity index (χ4v) is 2.27. The minimum Gasteiger partial charge on any atom is -1.00 e. The SMILES string of the molecule is C[Si](C)=[Zr+2].[Cl-].[Cl-].c1ccc(-[c-]2cccc2)cc1.c1ccc2[cH-]ccc2c1. The molecule has 0 N–H and O–H groups in total. The van der Waals surface area contributed by atoms with Crippen LogP contribution in [0.25, 0.3) is 21.9 Å². The summed E-state index contributed by atoms with van der Waals surface area (Å²) in [6.07, 6.45) is 0. The molecule has 0 aliphatic carbocycles. The zero-order valence-electron chi connectivity index (χ0n) is 15.0. The molecule has 4 aromatic rings. The van der Waals surface area contributed by atoms with Crippen LogP contribution in [0.15, 0.2) is 97.1 Å². The van der Waals surface area contributed by atoms with Crippen LogP contribution in [0.4, 0.5) is 0 Å². The van der Waals surface area contributed by atoms with Gasteiger partial charge in [0.25, 0.3) is 0 Å². The largest absolute Gasteiger partial charge is 1.00 e. The second-order valence-corrected chi connectivity index (χ2v) is 15.1. The summed E-state index contributed by atoms with van der Waals surface area (Å²) in [6, 6.07) is 33.4.